The van der Waals surface area contributed by atoms with Crippen molar-refractivity contribution in [1.82, 2.24) is 0 Å². The van der Waals surface area contributed by atoms with Crippen molar-refractivity contribution < 1.29 is 23.1 Å². The van der Waals surface area contributed by atoms with Crippen molar-refractivity contribution in [2.75, 3.05) is 6.26 Å². The van der Waals surface area contributed by atoms with Crippen LogP contribution in [0.25, 0.3) is 0 Å². The minimum atomic E-state index is -4.40. The maximum absolute atomic E-state index is 12.5. The lowest BCUT2D eigenvalue weighted by Gasteiger charge is -2.12. The monoisotopic (exact) mass is 250 g/mol. The van der Waals surface area contributed by atoms with E-state index in [-0.39, 0.29) is 11.3 Å². The number of carboxylic acid groups (broad SMARTS) is 1. The van der Waals surface area contributed by atoms with Crippen molar-refractivity contribution >= 4 is 17.7 Å². The zero-order valence-electron chi connectivity index (χ0n) is 8.34. The van der Waals surface area contributed by atoms with E-state index in [1.54, 1.807) is 0 Å². The highest BCUT2D eigenvalue weighted by Crippen LogP contribution is 2.36. The lowest BCUT2D eigenvalue weighted by molar-refractivity contribution is -0.139. The van der Waals surface area contributed by atoms with E-state index in [2.05, 4.69) is 0 Å². The lowest BCUT2D eigenvalue weighted by atomic mass is 10.1. The highest BCUT2D eigenvalue weighted by Gasteiger charge is 2.33. The fourth-order valence-electron chi connectivity index (χ4n) is 1.25. The van der Waals surface area contributed by atoms with E-state index in [1.807, 2.05) is 0 Å². The minimum absolute atomic E-state index is 0.0475. The van der Waals surface area contributed by atoms with E-state index in [0.717, 1.165) is 17.8 Å². The molecule has 0 aliphatic carbocycles. The number of hydrogen-bond acceptors (Lipinski definition) is 2. The molecule has 0 saturated heterocycles. The second kappa shape index (κ2) is 4.78. The standard InChI is InChI=1S/C10H9F3O2S/c1-16-8-4-6(5-9(14)15)2-3-7(8)10(11,12)13/h2-4H,5H2,1H3,(H,14,15). The van der Waals surface area contributed by atoms with Crippen LogP contribution < -0.4 is 0 Å². The van der Waals surface area contributed by atoms with Crippen LogP contribution in [0.2, 0.25) is 0 Å². The van der Waals surface area contributed by atoms with E-state index in [1.165, 1.54) is 18.4 Å². The van der Waals surface area contributed by atoms with E-state index in [0.29, 0.717) is 5.56 Å². The summed E-state index contributed by atoms with van der Waals surface area (Å²) in [5, 5.41) is 8.53. The first-order chi connectivity index (χ1) is 7.34. The molecule has 2 nitrogen and oxygen atoms in total. The van der Waals surface area contributed by atoms with Crippen molar-refractivity contribution in [2.45, 2.75) is 17.5 Å². The molecule has 0 aliphatic heterocycles. The van der Waals surface area contributed by atoms with Crippen molar-refractivity contribution in [3.63, 3.8) is 0 Å². The molecule has 1 aromatic carbocycles. The quantitative estimate of drug-likeness (QED) is 0.838. The number of alkyl halides is 3. The largest absolute Gasteiger partial charge is 0.481 e. The Hall–Kier alpha value is -1.17. The Morgan fingerprint density at radius 3 is 2.50 bits per heavy atom. The van der Waals surface area contributed by atoms with Crippen LogP contribution in [-0.2, 0) is 17.4 Å². The van der Waals surface area contributed by atoms with Crippen molar-refractivity contribution in [2.24, 2.45) is 0 Å². The van der Waals surface area contributed by atoms with Gasteiger partial charge in [-0.3, -0.25) is 4.79 Å². The molecule has 0 unspecified atom stereocenters. The summed E-state index contributed by atoms with van der Waals surface area (Å²) in [6.45, 7) is 0. The van der Waals surface area contributed by atoms with Gasteiger partial charge in [0.15, 0.2) is 0 Å². The first kappa shape index (κ1) is 12.9. The lowest BCUT2D eigenvalue weighted by Crippen LogP contribution is -2.08. The molecular formula is C10H9F3O2S. The minimum Gasteiger partial charge on any atom is -0.481 e. The number of benzene rings is 1. The van der Waals surface area contributed by atoms with E-state index in [9.17, 15) is 18.0 Å². The highest BCUT2D eigenvalue weighted by atomic mass is 32.2. The van der Waals surface area contributed by atoms with E-state index in [4.69, 9.17) is 5.11 Å². The summed E-state index contributed by atoms with van der Waals surface area (Å²) in [7, 11) is 0. The van der Waals surface area contributed by atoms with Gasteiger partial charge in [-0.25, -0.2) is 0 Å². The van der Waals surface area contributed by atoms with Gasteiger partial charge in [-0.15, -0.1) is 11.8 Å². The first-order valence-electron chi connectivity index (χ1n) is 4.30. The molecule has 1 N–H and O–H groups in total. The number of carboxylic acids is 1. The molecule has 0 radical (unpaired) electrons. The predicted molar refractivity (Wildman–Crippen MR) is 54.6 cm³/mol. The average Bonchev–Trinajstić information content (AvgIpc) is 2.14. The molecule has 0 spiro atoms. The topological polar surface area (TPSA) is 37.3 Å². The summed E-state index contributed by atoms with van der Waals surface area (Å²) in [5.74, 6) is -1.06. The molecule has 0 bridgehead atoms. The summed E-state index contributed by atoms with van der Waals surface area (Å²) < 4.78 is 37.5. The molecular weight excluding hydrogens is 241 g/mol. The summed E-state index contributed by atoms with van der Waals surface area (Å²) in [6.07, 6.45) is -3.15. The average molecular weight is 250 g/mol. The smallest absolute Gasteiger partial charge is 0.417 e. The third-order valence-electron chi connectivity index (χ3n) is 1.93. The van der Waals surface area contributed by atoms with Crippen LogP contribution in [0.4, 0.5) is 13.2 Å². The van der Waals surface area contributed by atoms with Crippen LogP contribution in [0, 0.1) is 0 Å². The Balaban J connectivity index is 3.12. The van der Waals surface area contributed by atoms with Crippen molar-refractivity contribution in [1.29, 1.82) is 0 Å². The Labute approximate surface area is 94.5 Å². The van der Waals surface area contributed by atoms with Gasteiger partial charge in [0.25, 0.3) is 0 Å². The number of aliphatic carboxylic acids is 1. The van der Waals surface area contributed by atoms with Gasteiger partial charge in [0, 0.05) is 4.90 Å². The van der Waals surface area contributed by atoms with Gasteiger partial charge in [-0.05, 0) is 24.0 Å². The zero-order valence-corrected chi connectivity index (χ0v) is 9.15. The molecule has 16 heavy (non-hydrogen) atoms. The van der Waals surface area contributed by atoms with E-state index < -0.39 is 17.7 Å². The predicted octanol–water partition coefficient (Wildman–Crippen LogP) is 3.05. The fraction of sp³-hybridized carbons (Fsp3) is 0.300. The number of rotatable bonds is 3. The first-order valence-corrected chi connectivity index (χ1v) is 5.53. The molecule has 1 aromatic rings. The second-order valence-electron chi connectivity index (χ2n) is 3.10. The van der Waals surface area contributed by atoms with Crippen LogP contribution >= 0.6 is 11.8 Å². The maximum Gasteiger partial charge on any atom is 0.417 e. The number of hydrogen-bond donors (Lipinski definition) is 1. The van der Waals surface area contributed by atoms with Crippen LogP contribution in [0.1, 0.15) is 11.1 Å². The molecule has 88 valence electrons. The molecule has 6 heteroatoms. The van der Waals surface area contributed by atoms with Crippen molar-refractivity contribution in [3.05, 3.63) is 29.3 Å². The molecule has 0 heterocycles. The van der Waals surface area contributed by atoms with Gasteiger partial charge in [-0.2, -0.15) is 13.2 Å². The van der Waals surface area contributed by atoms with Crippen molar-refractivity contribution in [3.8, 4) is 0 Å². The zero-order chi connectivity index (χ0) is 12.3. The Morgan fingerprint density at radius 1 is 1.44 bits per heavy atom. The third kappa shape index (κ3) is 3.16. The van der Waals surface area contributed by atoms with Crippen LogP contribution in [-0.4, -0.2) is 17.3 Å². The number of halogens is 3. The van der Waals surface area contributed by atoms with E-state index >= 15 is 0 Å². The summed E-state index contributed by atoms with van der Waals surface area (Å²) in [4.78, 5) is 10.5. The van der Waals surface area contributed by atoms with Gasteiger partial charge in [-0.1, -0.05) is 6.07 Å². The Bertz CT molecular complexity index is 402. The SMILES string of the molecule is CSc1cc(CC(=O)O)ccc1C(F)(F)F. The molecule has 0 saturated carbocycles. The van der Waals surface area contributed by atoms with Crippen LogP contribution in [0.15, 0.2) is 23.1 Å². The molecule has 0 aromatic heterocycles. The molecule has 0 fully saturated rings. The van der Waals surface area contributed by atoms with Gasteiger partial charge in [0.1, 0.15) is 0 Å². The number of carbonyl (C=O) groups is 1. The second-order valence-corrected chi connectivity index (χ2v) is 3.95. The van der Waals surface area contributed by atoms with Gasteiger partial charge in [0.2, 0.25) is 0 Å². The Kier molecular flexibility index (Phi) is 3.85. The summed E-state index contributed by atoms with van der Waals surface area (Å²) >= 11 is 0.951. The molecule has 0 amide bonds. The summed E-state index contributed by atoms with van der Waals surface area (Å²) in [5.41, 5.74) is -0.362. The fourth-order valence-corrected chi connectivity index (χ4v) is 1.93. The van der Waals surface area contributed by atoms with Crippen LogP contribution in [0.5, 0.6) is 0 Å². The highest BCUT2D eigenvalue weighted by molar-refractivity contribution is 7.98. The van der Waals surface area contributed by atoms with Gasteiger partial charge < -0.3 is 5.11 Å². The Morgan fingerprint density at radius 2 is 2.06 bits per heavy atom. The summed E-state index contributed by atoms with van der Waals surface area (Å²) in [6, 6.07) is 3.38. The van der Waals surface area contributed by atoms with Gasteiger partial charge >= 0.3 is 12.1 Å². The van der Waals surface area contributed by atoms with Crippen LogP contribution in [0.3, 0.4) is 0 Å². The normalized spacial score (nSPS) is 11.5. The molecule has 1 rings (SSSR count). The molecule has 0 atom stereocenters. The maximum atomic E-state index is 12.5. The van der Waals surface area contributed by atoms with Gasteiger partial charge in [0.05, 0.1) is 12.0 Å². The number of thioether (sulfide) groups is 1. The third-order valence-corrected chi connectivity index (χ3v) is 2.70. The molecule has 0 aliphatic rings.